The zero-order valence-electron chi connectivity index (χ0n) is 19.9. The van der Waals surface area contributed by atoms with Gasteiger partial charge in [-0.05, 0) is 37.0 Å². The third-order valence-corrected chi connectivity index (χ3v) is 7.57. The predicted molar refractivity (Wildman–Crippen MR) is 121 cm³/mol. The van der Waals surface area contributed by atoms with E-state index in [4.69, 9.17) is 0 Å². The third kappa shape index (κ3) is 5.76. The van der Waals surface area contributed by atoms with Crippen LogP contribution in [-0.4, -0.2) is 55.1 Å². The van der Waals surface area contributed by atoms with Gasteiger partial charge >= 0.3 is 0 Å². The summed E-state index contributed by atoms with van der Waals surface area (Å²) in [5.41, 5.74) is -1.61. The highest BCUT2D eigenvalue weighted by Crippen LogP contribution is 2.43. The number of aromatic nitrogens is 1. The van der Waals surface area contributed by atoms with Crippen molar-refractivity contribution >= 4 is 21.7 Å². The van der Waals surface area contributed by atoms with Crippen molar-refractivity contribution in [1.29, 1.82) is 0 Å². The molecule has 13 heteroatoms. The summed E-state index contributed by atoms with van der Waals surface area (Å²) >= 11 is 0. The molecule has 2 heterocycles. The maximum absolute atomic E-state index is 14.8. The molecule has 4 rings (SSSR count). The van der Waals surface area contributed by atoms with E-state index < -0.39 is 69.6 Å². The van der Waals surface area contributed by atoms with E-state index in [1.165, 1.54) is 0 Å². The SMILES string of the molecule is CC(F)(F)c1cc(F)c([C@H](NC(=O)[C@H]2C[C@H](F)CN2C(=O)c2cncc(S(C)(=O)=O)c2)C2CC2)cc1F. The van der Waals surface area contributed by atoms with Crippen molar-refractivity contribution < 1.29 is 40.0 Å². The minimum absolute atomic E-state index is 0.169. The summed E-state index contributed by atoms with van der Waals surface area (Å²) in [4.78, 5) is 30.7. The molecule has 1 aliphatic carbocycles. The number of sulfone groups is 1. The molecule has 2 aliphatic rings. The average Bonchev–Trinajstić information content (AvgIpc) is 3.57. The van der Waals surface area contributed by atoms with Crippen LogP contribution < -0.4 is 5.32 Å². The molecule has 0 spiro atoms. The van der Waals surface area contributed by atoms with E-state index in [0.29, 0.717) is 31.9 Å². The van der Waals surface area contributed by atoms with Gasteiger partial charge in [0.25, 0.3) is 11.8 Å². The molecule has 3 atom stereocenters. The highest BCUT2D eigenvalue weighted by Gasteiger charge is 2.43. The van der Waals surface area contributed by atoms with E-state index in [-0.39, 0.29) is 28.4 Å². The lowest BCUT2D eigenvalue weighted by molar-refractivity contribution is -0.125. The fraction of sp³-hybridized carbons (Fsp3) is 0.458. The number of nitrogens with zero attached hydrogens (tertiary/aromatic N) is 2. The predicted octanol–water partition coefficient (Wildman–Crippen LogP) is 3.70. The molecule has 2 fully saturated rings. The lowest BCUT2D eigenvalue weighted by Gasteiger charge is -2.27. The molecule has 2 amide bonds. The van der Waals surface area contributed by atoms with Crippen LogP contribution in [0.4, 0.5) is 22.0 Å². The third-order valence-electron chi connectivity index (χ3n) is 6.49. The van der Waals surface area contributed by atoms with Crippen LogP contribution in [0.1, 0.15) is 53.7 Å². The Morgan fingerprint density at radius 1 is 1.14 bits per heavy atom. The molecule has 1 saturated carbocycles. The minimum atomic E-state index is -3.69. The Morgan fingerprint density at radius 3 is 2.41 bits per heavy atom. The van der Waals surface area contributed by atoms with Gasteiger partial charge in [-0.15, -0.1) is 0 Å². The summed E-state index contributed by atoms with van der Waals surface area (Å²) in [7, 11) is -3.69. The number of hydrogen-bond acceptors (Lipinski definition) is 5. The van der Waals surface area contributed by atoms with E-state index in [9.17, 15) is 40.0 Å². The number of alkyl halides is 3. The molecule has 2 aromatic rings. The van der Waals surface area contributed by atoms with Crippen LogP contribution >= 0.6 is 0 Å². The van der Waals surface area contributed by atoms with Crippen molar-refractivity contribution in [3.63, 3.8) is 0 Å². The van der Waals surface area contributed by atoms with Gasteiger partial charge in [0.2, 0.25) is 5.91 Å². The van der Waals surface area contributed by atoms with E-state index in [1.807, 2.05) is 0 Å². The van der Waals surface area contributed by atoms with Crippen LogP contribution in [0, 0.1) is 17.6 Å². The normalized spacial score (nSPS) is 21.1. The fourth-order valence-corrected chi connectivity index (χ4v) is 5.02. The van der Waals surface area contributed by atoms with E-state index in [1.54, 1.807) is 0 Å². The molecule has 1 N–H and O–H groups in total. The number of benzene rings is 1. The van der Waals surface area contributed by atoms with Crippen LogP contribution in [-0.2, 0) is 20.6 Å². The summed E-state index contributed by atoms with van der Waals surface area (Å²) < 4.78 is 94.5. The maximum atomic E-state index is 14.8. The van der Waals surface area contributed by atoms with E-state index in [2.05, 4.69) is 10.3 Å². The zero-order chi connectivity index (χ0) is 27.3. The summed E-state index contributed by atoms with van der Waals surface area (Å²) in [6.45, 7) is -0.0116. The molecule has 0 radical (unpaired) electrons. The number of halogens is 5. The molecule has 37 heavy (non-hydrogen) atoms. The lowest BCUT2D eigenvalue weighted by atomic mass is 9.97. The van der Waals surface area contributed by atoms with Gasteiger partial charge in [0.05, 0.1) is 28.6 Å². The van der Waals surface area contributed by atoms with Gasteiger partial charge < -0.3 is 10.2 Å². The van der Waals surface area contributed by atoms with Gasteiger partial charge in [-0.1, -0.05) is 0 Å². The van der Waals surface area contributed by atoms with Crippen LogP contribution in [0.2, 0.25) is 0 Å². The standard InChI is InChI=1S/C24H24F5N3O4S/c1-24(28,29)17-8-18(26)16(7-19(17)27)21(12-3-4-12)31-22(33)20-6-14(25)11-32(20)23(34)13-5-15(10-30-9-13)37(2,35)36/h5,7-10,12,14,20-21H,3-4,6,11H2,1-2H3,(H,31,33)/t14-,20+,21+/m0/s1. The van der Waals surface area contributed by atoms with Crippen LogP contribution in [0.5, 0.6) is 0 Å². The maximum Gasteiger partial charge on any atom is 0.273 e. The Labute approximate surface area is 210 Å². The van der Waals surface area contributed by atoms with Crippen molar-refractivity contribution in [3.05, 3.63) is 58.9 Å². The molecule has 0 bridgehead atoms. The highest BCUT2D eigenvalue weighted by atomic mass is 32.2. The number of rotatable bonds is 7. The summed E-state index contributed by atoms with van der Waals surface area (Å²) in [5, 5.41) is 2.55. The molecule has 0 unspecified atom stereocenters. The molecule has 1 aromatic carbocycles. The Kier molecular flexibility index (Phi) is 7.04. The van der Waals surface area contributed by atoms with Gasteiger partial charge in [-0.3, -0.25) is 14.6 Å². The number of nitrogens with one attached hydrogen (secondary N) is 1. The summed E-state index contributed by atoms with van der Waals surface area (Å²) in [6.07, 6.45) is 2.24. The number of carbonyl (C=O) groups excluding carboxylic acids is 2. The number of amides is 2. The van der Waals surface area contributed by atoms with Crippen LogP contribution in [0.3, 0.4) is 0 Å². The van der Waals surface area contributed by atoms with Crippen LogP contribution in [0.15, 0.2) is 35.5 Å². The lowest BCUT2D eigenvalue weighted by Crippen LogP contribution is -2.47. The molecule has 1 aromatic heterocycles. The van der Waals surface area contributed by atoms with Crippen molar-refractivity contribution in [2.45, 2.75) is 55.3 Å². The average molecular weight is 546 g/mol. The Hall–Kier alpha value is -3.09. The summed E-state index contributed by atoms with van der Waals surface area (Å²) in [6, 6.07) is -0.299. The van der Waals surface area contributed by atoms with Crippen molar-refractivity contribution in [3.8, 4) is 0 Å². The van der Waals surface area contributed by atoms with Crippen LogP contribution in [0.25, 0.3) is 0 Å². The zero-order valence-corrected chi connectivity index (χ0v) is 20.7. The number of likely N-dealkylation sites (tertiary alicyclic amines) is 1. The van der Waals surface area contributed by atoms with Crippen molar-refractivity contribution in [2.24, 2.45) is 5.92 Å². The topological polar surface area (TPSA) is 96.4 Å². The molecular formula is C24H24F5N3O4S. The smallest absolute Gasteiger partial charge is 0.273 e. The molecular weight excluding hydrogens is 521 g/mol. The van der Waals surface area contributed by atoms with Crippen molar-refractivity contribution in [1.82, 2.24) is 15.2 Å². The first kappa shape index (κ1) is 27.0. The fourth-order valence-electron chi connectivity index (χ4n) is 4.43. The van der Waals surface area contributed by atoms with E-state index in [0.717, 1.165) is 29.6 Å². The number of pyridine rings is 1. The van der Waals surface area contributed by atoms with Gasteiger partial charge in [0, 0.05) is 37.6 Å². The first-order chi connectivity index (χ1) is 17.2. The van der Waals surface area contributed by atoms with Gasteiger partial charge in [-0.25, -0.2) is 30.4 Å². The number of hydrogen-bond donors (Lipinski definition) is 1. The number of carbonyl (C=O) groups is 2. The second-order valence-electron chi connectivity index (χ2n) is 9.55. The first-order valence-corrected chi connectivity index (χ1v) is 13.3. The van der Waals surface area contributed by atoms with Crippen molar-refractivity contribution in [2.75, 3.05) is 12.8 Å². The Bertz CT molecular complexity index is 1340. The molecule has 1 aliphatic heterocycles. The molecule has 1 saturated heterocycles. The minimum Gasteiger partial charge on any atom is -0.347 e. The summed E-state index contributed by atoms with van der Waals surface area (Å²) in [5.74, 6) is -8.03. The quantitative estimate of drug-likeness (QED) is 0.536. The van der Waals surface area contributed by atoms with E-state index >= 15 is 0 Å². The van der Waals surface area contributed by atoms with Gasteiger partial charge in [-0.2, -0.15) is 0 Å². The van der Waals surface area contributed by atoms with Gasteiger partial charge in [0.15, 0.2) is 9.84 Å². The monoisotopic (exact) mass is 545 g/mol. The Morgan fingerprint density at radius 2 is 1.81 bits per heavy atom. The second-order valence-corrected chi connectivity index (χ2v) is 11.6. The largest absolute Gasteiger partial charge is 0.347 e. The highest BCUT2D eigenvalue weighted by molar-refractivity contribution is 7.90. The second kappa shape index (κ2) is 9.66. The first-order valence-electron chi connectivity index (χ1n) is 11.4. The molecule has 200 valence electrons. The Balaban J connectivity index is 1.59. The van der Waals surface area contributed by atoms with Gasteiger partial charge in [0.1, 0.15) is 23.8 Å². The molecule has 7 nitrogen and oxygen atoms in total.